The topological polar surface area (TPSA) is 39.2 Å². The average molecular weight is 294 g/mol. The van der Waals surface area contributed by atoms with Gasteiger partial charge < -0.3 is 4.74 Å². The maximum atomic E-state index is 12.7. The fourth-order valence-corrected chi connectivity index (χ4v) is 1.67. The van der Waals surface area contributed by atoms with E-state index >= 15 is 0 Å². The second kappa shape index (κ2) is 5.89. The summed E-state index contributed by atoms with van der Waals surface area (Å²) >= 11 is 3.10. The Morgan fingerprint density at radius 3 is 2.81 bits per heavy atom. The Kier molecular flexibility index (Phi) is 4.79. The molecule has 0 aliphatic rings. The molecule has 1 aromatic heterocycles. The molecule has 0 unspecified atom stereocenters. The molecule has 0 spiro atoms. The number of hydrogen-bond donors (Lipinski definition) is 0. The fraction of sp³-hybridized carbons (Fsp3) is 0.400. The summed E-state index contributed by atoms with van der Waals surface area (Å²) in [7, 11) is 0. The average Bonchev–Trinajstić information content (AvgIpc) is 2.28. The number of esters is 1. The smallest absolute Gasteiger partial charge is 0.340 e. The molecule has 0 atom stereocenters. The molecule has 0 amide bonds. The summed E-state index contributed by atoms with van der Waals surface area (Å²) in [4.78, 5) is 15.4. The van der Waals surface area contributed by atoms with E-state index in [0.717, 1.165) is 6.07 Å². The number of carbonyl (C=O) groups excluding carboxylic acids is 1. The van der Waals surface area contributed by atoms with Gasteiger partial charge in [0.2, 0.25) is 0 Å². The molecule has 0 fully saturated rings. The number of halogens is 3. The van der Waals surface area contributed by atoms with Gasteiger partial charge in [-0.1, -0.05) is 15.9 Å². The van der Waals surface area contributed by atoms with Crippen molar-refractivity contribution in [3.8, 4) is 0 Å². The van der Waals surface area contributed by atoms with Gasteiger partial charge in [0.25, 0.3) is 6.43 Å². The molecule has 0 saturated heterocycles. The zero-order valence-electron chi connectivity index (χ0n) is 8.54. The molecular weight excluding hydrogens is 284 g/mol. The number of alkyl halides is 3. The Hall–Kier alpha value is -1.04. The van der Waals surface area contributed by atoms with Crippen LogP contribution in [0.1, 0.15) is 35.0 Å². The normalized spacial score (nSPS) is 10.6. The number of hydrogen-bond acceptors (Lipinski definition) is 3. The Morgan fingerprint density at radius 2 is 2.31 bits per heavy atom. The lowest BCUT2D eigenvalue weighted by Crippen LogP contribution is -2.12. The molecule has 16 heavy (non-hydrogen) atoms. The zero-order valence-corrected chi connectivity index (χ0v) is 10.1. The SMILES string of the molecule is CCOC(=O)c1c(C(F)F)ccnc1CBr. The Bertz CT molecular complexity index is 385. The van der Waals surface area contributed by atoms with Gasteiger partial charge in [-0.2, -0.15) is 0 Å². The van der Waals surface area contributed by atoms with Gasteiger partial charge in [0.15, 0.2) is 0 Å². The lowest BCUT2D eigenvalue weighted by Gasteiger charge is -2.10. The summed E-state index contributed by atoms with van der Waals surface area (Å²) < 4.78 is 30.1. The van der Waals surface area contributed by atoms with E-state index in [4.69, 9.17) is 4.74 Å². The van der Waals surface area contributed by atoms with Crippen LogP contribution in [0.15, 0.2) is 12.3 Å². The van der Waals surface area contributed by atoms with Crippen molar-refractivity contribution in [1.29, 1.82) is 0 Å². The van der Waals surface area contributed by atoms with Crippen LogP contribution in [0.25, 0.3) is 0 Å². The summed E-state index contributed by atoms with van der Waals surface area (Å²) in [6.45, 7) is 1.75. The van der Waals surface area contributed by atoms with Gasteiger partial charge in [0.05, 0.1) is 17.9 Å². The number of rotatable bonds is 4. The van der Waals surface area contributed by atoms with Crippen LogP contribution in [0.5, 0.6) is 0 Å². The summed E-state index contributed by atoms with van der Waals surface area (Å²) in [6, 6.07) is 1.13. The van der Waals surface area contributed by atoms with Gasteiger partial charge in [0.1, 0.15) is 0 Å². The van der Waals surface area contributed by atoms with Crippen LogP contribution in [-0.4, -0.2) is 17.6 Å². The third-order valence-electron chi connectivity index (χ3n) is 1.90. The Balaban J connectivity index is 3.24. The van der Waals surface area contributed by atoms with E-state index in [1.807, 2.05) is 0 Å². The molecule has 0 aliphatic heterocycles. The van der Waals surface area contributed by atoms with Crippen LogP contribution in [0, 0.1) is 0 Å². The van der Waals surface area contributed by atoms with Crippen molar-refractivity contribution in [2.24, 2.45) is 0 Å². The molecule has 3 nitrogen and oxygen atoms in total. The highest BCUT2D eigenvalue weighted by atomic mass is 79.9. The van der Waals surface area contributed by atoms with Crippen molar-refractivity contribution in [1.82, 2.24) is 4.98 Å². The maximum Gasteiger partial charge on any atom is 0.340 e. The molecule has 0 aromatic carbocycles. The number of carbonyl (C=O) groups is 1. The van der Waals surface area contributed by atoms with Crippen LogP contribution in [0.4, 0.5) is 8.78 Å². The second-order valence-electron chi connectivity index (χ2n) is 2.88. The zero-order chi connectivity index (χ0) is 12.1. The molecule has 0 aliphatic carbocycles. The molecule has 88 valence electrons. The van der Waals surface area contributed by atoms with Gasteiger partial charge >= 0.3 is 5.97 Å². The van der Waals surface area contributed by atoms with Crippen LogP contribution >= 0.6 is 15.9 Å². The number of aromatic nitrogens is 1. The van der Waals surface area contributed by atoms with Crippen LogP contribution < -0.4 is 0 Å². The molecule has 0 N–H and O–H groups in total. The minimum atomic E-state index is -2.72. The predicted molar refractivity (Wildman–Crippen MR) is 57.8 cm³/mol. The van der Waals surface area contributed by atoms with Crippen molar-refractivity contribution in [2.45, 2.75) is 18.7 Å². The van der Waals surface area contributed by atoms with Crippen LogP contribution in [-0.2, 0) is 10.1 Å². The monoisotopic (exact) mass is 293 g/mol. The summed E-state index contributed by atoms with van der Waals surface area (Å²) in [6.07, 6.45) is -1.47. The van der Waals surface area contributed by atoms with Crippen molar-refractivity contribution in [2.75, 3.05) is 6.61 Å². The number of ether oxygens (including phenoxy) is 1. The van der Waals surface area contributed by atoms with Crippen molar-refractivity contribution in [3.05, 3.63) is 29.1 Å². The van der Waals surface area contributed by atoms with Crippen molar-refractivity contribution >= 4 is 21.9 Å². The van der Waals surface area contributed by atoms with E-state index < -0.39 is 12.4 Å². The van der Waals surface area contributed by atoms with Crippen molar-refractivity contribution in [3.63, 3.8) is 0 Å². The number of pyridine rings is 1. The van der Waals surface area contributed by atoms with Gasteiger partial charge in [-0.15, -0.1) is 0 Å². The molecule has 1 aromatic rings. The first-order valence-electron chi connectivity index (χ1n) is 4.60. The molecule has 0 bridgehead atoms. The molecule has 1 rings (SSSR count). The van der Waals surface area contributed by atoms with E-state index in [9.17, 15) is 13.6 Å². The van der Waals surface area contributed by atoms with E-state index in [0.29, 0.717) is 0 Å². The van der Waals surface area contributed by atoms with Gasteiger partial charge in [-0.25, -0.2) is 13.6 Å². The second-order valence-corrected chi connectivity index (χ2v) is 3.44. The summed E-state index contributed by atoms with van der Waals surface area (Å²) in [5, 5.41) is 0.224. The Morgan fingerprint density at radius 1 is 1.62 bits per heavy atom. The first-order chi connectivity index (χ1) is 7.61. The fourth-order valence-electron chi connectivity index (χ4n) is 1.24. The minimum absolute atomic E-state index is 0.137. The minimum Gasteiger partial charge on any atom is -0.462 e. The lowest BCUT2D eigenvalue weighted by atomic mass is 10.1. The van der Waals surface area contributed by atoms with Crippen LogP contribution in [0.3, 0.4) is 0 Å². The summed E-state index contributed by atoms with van der Waals surface area (Å²) in [5.41, 5.74) is -0.227. The first-order valence-corrected chi connectivity index (χ1v) is 5.73. The third-order valence-corrected chi connectivity index (χ3v) is 2.43. The number of nitrogens with zero attached hydrogens (tertiary/aromatic N) is 1. The highest BCUT2D eigenvalue weighted by Crippen LogP contribution is 2.26. The van der Waals surface area contributed by atoms with Gasteiger partial charge in [0, 0.05) is 17.1 Å². The predicted octanol–water partition coefficient (Wildman–Crippen LogP) is 3.09. The van der Waals surface area contributed by atoms with Gasteiger partial charge in [-0.05, 0) is 13.0 Å². The molecule has 0 radical (unpaired) electrons. The molecule has 0 saturated carbocycles. The Labute approximate surface area is 99.9 Å². The van der Waals surface area contributed by atoms with E-state index in [-0.39, 0.29) is 28.8 Å². The highest BCUT2D eigenvalue weighted by molar-refractivity contribution is 9.08. The first kappa shape index (κ1) is 13.0. The van der Waals surface area contributed by atoms with Crippen LogP contribution in [0.2, 0.25) is 0 Å². The summed E-state index contributed by atoms with van der Waals surface area (Å²) in [5.74, 6) is -0.764. The third kappa shape index (κ3) is 2.75. The van der Waals surface area contributed by atoms with Gasteiger partial charge in [-0.3, -0.25) is 4.98 Å². The van der Waals surface area contributed by atoms with Crippen molar-refractivity contribution < 1.29 is 18.3 Å². The molecule has 6 heteroatoms. The van der Waals surface area contributed by atoms with E-state index in [1.54, 1.807) is 6.92 Å². The quantitative estimate of drug-likeness (QED) is 0.633. The van der Waals surface area contributed by atoms with E-state index in [2.05, 4.69) is 20.9 Å². The molecular formula is C10H10BrF2NO2. The maximum absolute atomic E-state index is 12.7. The molecule has 1 heterocycles. The largest absolute Gasteiger partial charge is 0.462 e. The van der Waals surface area contributed by atoms with E-state index in [1.165, 1.54) is 6.20 Å². The highest BCUT2D eigenvalue weighted by Gasteiger charge is 2.23. The standard InChI is InChI=1S/C10H10BrF2NO2/c1-2-16-10(15)8-6(9(12)13)3-4-14-7(8)5-11/h3-4,9H,2,5H2,1H3. The lowest BCUT2D eigenvalue weighted by molar-refractivity contribution is 0.0513.